The highest BCUT2D eigenvalue weighted by molar-refractivity contribution is 6.30. The van der Waals surface area contributed by atoms with Crippen LogP contribution in [0.1, 0.15) is 18.1 Å². The molecule has 0 saturated carbocycles. The number of phenols is 1. The number of hydrogen-bond donors (Lipinski definition) is 2. The van der Waals surface area contributed by atoms with E-state index in [2.05, 4.69) is 5.32 Å². The molecule has 0 aliphatic carbocycles. The van der Waals surface area contributed by atoms with Crippen LogP contribution in [-0.2, 0) is 13.1 Å². The van der Waals surface area contributed by atoms with Crippen molar-refractivity contribution in [1.29, 1.82) is 0 Å². The van der Waals surface area contributed by atoms with Crippen molar-refractivity contribution in [2.45, 2.75) is 20.0 Å². The first kappa shape index (κ1) is 14.7. The van der Waals surface area contributed by atoms with E-state index in [1.807, 2.05) is 31.2 Å². The van der Waals surface area contributed by atoms with Gasteiger partial charge in [-0.3, -0.25) is 0 Å². The first-order valence-electron chi connectivity index (χ1n) is 6.59. The van der Waals surface area contributed by atoms with E-state index in [4.69, 9.17) is 16.3 Å². The van der Waals surface area contributed by atoms with Crippen molar-refractivity contribution in [3.63, 3.8) is 0 Å². The normalized spacial score (nSPS) is 10.5. The molecule has 0 heterocycles. The molecule has 0 aliphatic heterocycles. The van der Waals surface area contributed by atoms with Crippen LogP contribution in [-0.4, -0.2) is 11.7 Å². The molecule has 2 aromatic carbocycles. The first-order chi connectivity index (χ1) is 9.69. The van der Waals surface area contributed by atoms with Crippen LogP contribution >= 0.6 is 11.6 Å². The number of phenolic OH excluding ortho intramolecular Hbond substituents is 1. The van der Waals surface area contributed by atoms with Gasteiger partial charge in [-0.25, -0.2) is 0 Å². The van der Waals surface area contributed by atoms with Gasteiger partial charge in [0, 0.05) is 23.7 Å². The van der Waals surface area contributed by atoms with Crippen molar-refractivity contribution in [3.8, 4) is 11.5 Å². The molecule has 3 nitrogen and oxygen atoms in total. The molecule has 0 atom stereocenters. The van der Waals surface area contributed by atoms with Gasteiger partial charge in [0.15, 0.2) is 0 Å². The third-order valence-corrected chi connectivity index (χ3v) is 3.16. The van der Waals surface area contributed by atoms with Crippen LogP contribution in [0.5, 0.6) is 11.5 Å². The lowest BCUT2D eigenvalue weighted by Crippen LogP contribution is -2.12. The standard InChI is InChI=1S/C16H18ClNO2/c1-2-20-15-6-3-12(4-7-15)10-18-11-13-9-14(17)5-8-16(13)19/h3-9,18-19H,2,10-11H2,1H3. The number of nitrogens with one attached hydrogen (secondary N) is 1. The minimum atomic E-state index is 0.258. The van der Waals surface area contributed by atoms with Crippen molar-refractivity contribution in [2.24, 2.45) is 0 Å². The summed E-state index contributed by atoms with van der Waals surface area (Å²) < 4.78 is 5.40. The van der Waals surface area contributed by atoms with Gasteiger partial charge in [0.05, 0.1) is 6.61 Å². The zero-order chi connectivity index (χ0) is 14.4. The van der Waals surface area contributed by atoms with Gasteiger partial charge < -0.3 is 15.2 Å². The Kier molecular flexibility index (Phi) is 5.27. The molecular weight excluding hydrogens is 274 g/mol. The van der Waals surface area contributed by atoms with Gasteiger partial charge in [-0.15, -0.1) is 0 Å². The lowest BCUT2D eigenvalue weighted by molar-refractivity contribution is 0.340. The summed E-state index contributed by atoms with van der Waals surface area (Å²) in [4.78, 5) is 0. The number of halogens is 1. The Morgan fingerprint density at radius 1 is 1.10 bits per heavy atom. The Morgan fingerprint density at radius 2 is 1.85 bits per heavy atom. The summed E-state index contributed by atoms with van der Waals surface area (Å²) in [6.07, 6.45) is 0. The highest BCUT2D eigenvalue weighted by Crippen LogP contribution is 2.21. The first-order valence-corrected chi connectivity index (χ1v) is 6.96. The maximum Gasteiger partial charge on any atom is 0.120 e. The summed E-state index contributed by atoms with van der Waals surface area (Å²) in [6.45, 7) is 3.93. The van der Waals surface area contributed by atoms with E-state index in [9.17, 15) is 5.11 Å². The number of aromatic hydroxyl groups is 1. The predicted molar refractivity (Wildman–Crippen MR) is 81.3 cm³/mol. The monoisotopic (exact) mass is 291 g/mol. The smallest absolute Gasteiger partial charge is 0.120 e. The second kappa shape index (κ2) is 7.17. The predicted octanol–water partition coefficient (Wildman–Crippen LogP) is 3.73. The molecule has 0 aliphatic rings. The Morgan fingerprint density at radius 3 is 2.55 bits per heavy atom. The van der Waals surface area contributed by atoms with Crippen LogP contribution in [0.15, 0.2) is 42.5 Å². The van der Waals surface area contributed by atoms with Crippen molar-refractivity contribution in [2.75, 3.05) is 6.61 Å². The summed E-state index contributed by atoms with van der Waals surface area (Å²) in [6, 6.07) is 13.0. The molecule has 2 rings (SSSR count). The molecule has 0 fully saturated rings. The molecule has 0 spiro atoms. The van der Waals surface area contributed by atoms with Crippen LogP contribution in [0.2, 0.25) is 5.02 Å². The Labute approximate surface area is 124 Å². The second-order valence-corrected chi connectivity index (χ2v) is 4.89. The summed E-state index contributed by atoms with van der Waals surface area (Å²) >= 11 is 5.91. The number of hydrogen-bond acceptors (Lipinski definition) is 3. The number of ether oxygens (including phenoxy) is 1. The minimum Gasteiger partial charge on any atom is -0.508 e. The van der Waals surface area contributed by atoms with E-state index in [1.54, 1.807) is 18.2 Å². The van der Waals surface area contributed by atoms with E-state index in [-0.39, 0.29) is 5.75 Å². The maximum atomic E-state index is 9.71. The van der Waals surface area contributed by atoms with E-state index < -0.39 is 0 Å². The Balaban J connectivity index is 1.87. The average Bonchev–Trinajstić information content (AvgIpc) is 2.45. The fourth-order valence-electron chi connectivity index (χ4n) is 1.91. The SMILES string of the molecule is CCOc1ccc(CNCc2cc(Cl)ccc2O)cc1. The van der Waals surface area contributed by atoms with Gasteiger partial charge >= 0.3 is 0 Å². The molecule has 0 bridgehead atoms. The Bertz CT molecular complexity index is 555. The largest absolute Gasteiger partial charge is 0.508 e. The van der Waals surface area contributed by atoms with E-state index in [0.29, 0.717) is 18.2 Å². The molecule has 2 aromatic rings. The molecule has 0 radical (unpaired) electrons. The van der Waals surface area contributed by atoms with Gasteiger partial charge in [-0.05, 0) is 42.8 Å². The van der Waals surface area contributed by atoms with Crippen molar-refractivity contribution in [1.82, 2.24) is 5.32 Å². The highest BCUT2D eigenvalue weighted by Gasteiger charge is 2.02. The lowest BCUT2D eigenvalue weighted by atomic mass is 10.2. The lowest BCUT2D eigenvalue weighted by Gasteiger charge is -2.08. The average molecular weight is 292 g/mol. The maximum absolute atomic E-state index is 9.71. The number of rotatable bonds is 6. The van der Waals surface area contributed by atoms with Gasteiger partial charge in [-0.2, -0.15) is 0 Å². The molecule has 20 heavy (non-hydrogen) atoms. The van der Waals surface area contributed by atoms with E-state index in [1.165, 1.54) is 0 Å². The van der Waals surface area contributed by atoms with Crippen molar-refractivity contribution >= 4 is 11.6 Å². The fourth-order valence-corrected chi connectivity index (χ4v) is 2.10. The molecule has 106 valence electrons. The zero-order valence-electron chi connectivity index (χ0n) is 11.4. The quantitative estimate of drug-likeness (QED) is 0.852. The van der Waals surface area contributed by atoms with E-state index in [0.717, 1.165) is 23.4 Å². The van der Waals surface area contributed by atoms with Crippen LogP contribution in [0.25, 0.3) is 0 Å². The van der Waals surface area contributed by atoms with Crippen LogP contribution in [0.4, 0.5) is 0 Å². The second-order valence-electron chi connectivity index (χ2n) is 4.45. The zero-order valence-corrected chi connectivity index (χ0v) is 12.2. The molecule has 0 amide bonds. The minimum absolute atomic E-state index is 0.258. The third-order valence-electron chi connectivity index (χ3n) is 2.92. The number of benzene rings is 2. The summed E-state index contributed by atoms with van der Waals surface area (Å²) in [5.74, 6) is 1.14. The highest BCUT2D eigenvalue weighted by atomic mass is 35.5. The fraction of sp³-hybridized carbons (Fsp3) is 0.250. The topological polar surface area (TPSA) is 41.5 Å². The van der Waals surface area contributed by atoms with Crippen molar-refractivity contribution < 1.29 is 9.84 Å². The summed E-state index contributed by atoms with van der Waals surface area (Å²) in [5, 5.41) is 13.6. The molecule has 4 heteroatoms. The van der Waals surface area contributed by atoms with E-state index >= 15 is 0 Å². The molecule has 2 N–H and O–H groups in total. The van der Waals surface area contributed by atoms with Crippen LogP contribution in [0, 0.1) is 0 Å². The third kappa shape index (κ3) is 4.15. The van der Waals surface area contributed by atoms with Crippen LogP contribution < -0.4 is 10.1 Å². The summed E-state index contributed by atoms with van der Waals surface area (Å²) in [7, 11) is 0. The molecular formula is C16H18ClNO2. The molecule has 0 aromatic heterocycles. The van der Waals surface area contributed by atoms with Gasteiger partial charge in [-0.1, -0.05) is 23.7 Å². The van der Waals surface area contributed by atoms with Crippen molar-refractivity contribution in [3.05, 3.63) is 58.6 Å². The van der Waals surface area contributed by atoms with Gasteiger partial charge in [0.2, 0.25) is 0 Å². The molecule has 0 unspecified atom stereocenters. The van der Waals surface area contributed by atoms with Crippen LogP contribution in [0.3, 0.4) is 0 Å². The summed E-state index contributed by atoms with van der Waals surface area (Å²) in [5.41, 5.74) is 1.96. The Hall–Kier alpha value is -1.71. The van der Waals surface area contributed by atoms with Gasteiger partial charge in [0.1, 0.15) is 11.5 Å². The van der Waals surface area contributed by atoms with Gasteiger partial charge in [0.25, 0.3) is 0 Å². The molecule has 0 saturated heterocycles.